The summed E-state index contributed by atoms with van der Waals surface area (Å²) < 4.78 is 0. The van der Waals surface area contributed by atoms with E-state index in [2.05, 4.69) is 51.6 Å². The summed E-state index contributed by atoms with van der Waals surface area (Å²) in [6, 6.07) is 24.7. The smallest absolute Gasteiger partial charge is 0.254 e. The predicted octanol–water partition coefficient (Wildman–Crippen LogP) is 5.17. The summed E-state index contributed by atoms with van der Waals surface area (Å²) in [7, 11) is 0. The van der Waals surface area contributed by atoms with Crippen LogP contribution in [-0.4, -0.2) is 42.0 Å². The summed E-state index contributed by atoms with van der Waals surface area (Å²) in [5, 5.41) is 3.23. The molecule has 4 heterocycles. The van der Waals surface area contributed by atoms with Gasteiger partial charge in [0.15, 0.2) is 0 Å². The van der Waals surface area contributed by atoms with Gasteiger partial charge in [-0.25, -0.2) is 4.98 Å². The van der Waals surface area contributed by atoms with E-state index in [1.807, 2.05) is 36.4 Å². The maximum absolute atomic E-state index is 13.4. The van der Waals surface area contributed by atoms with E-state index >= 15 is 0 Å². The molecule has 2 aliphatic rings. The molecule has 0 bridgehead atoms. The second-order valence-corrected chi connectivity index (χ2v) is 9.47. The number of benzene rings is 2. The maximum Gasteiger partial charge on any atom is 0.254 e. The number of fused-ring (bicyclic) bond motifs is 2. The van der Waals surface area contributed by atoms with E-state index in [4.69, 9.17) is 4.98 Å². The summed E-state index contributed by atoms with van der Waals surface area (Å²) in [6.07, 6.45) is 0. The van der Waals surface area contributed by atoms with Crippen LogP contribution in [0, 0.1) is 11.8 Å². The van der Waals surface area contributed by atoms with Crippen LogP contribution in [0.2, 0.25) is 0 Å². The number of rotatable bonds is 3. The van der Waals surface area contributed by atoms with Gasteiger partial charge in [-0.05, 0) is 35.7 Å². The molecule has 5 heteroatoms. The van der Waals surface area contributed by atoms with Crippen molar-refractivity contribution in [3.63, 3.8) is 0 Å². The van der Waals surface area contributed by atoms with Gasteiger partial charge < -0.3 is 9.80 Å². The number of carbonyl (C=O) groups is 1. The number of hydrogen-bond donors (Lipinski definition) is 0. The van der Waals surface area contributed by atoms with Crippen molar-refractivity contribution in [2.45, 2.75) is 0 Å². The molecular formula is C26H23N3OS. The van der Waals surface area contributed by atoms with Gasteiger partial charge in [0.1, 0.15) is 5.82 Å². The number of aromatic nitrogens is 1. The van der Waals surface area contributed by atoms with Gasteiger partial charge >= 0.3 is 0 Å². The zero-order valence-corrected chi connectivity index (χ0v) is 18.0. The summed E-state index contributed by atoms with van der Waals surface area (Å²) in [6.45, 7) is 3.58. The minimum atomic E-state index is 0.161. The first-order chi connectivity index (χ1) is 15.3. The van der Waals surface area contributed by atoms with Gasteiger partial charge in [0.25, 0.3) is 5.91 Å². The first-order valence-electron chi connectivity index (χ1n) is 10.8. The topological polar surface area (TPSA) is 36.4 Å². The second kappa shape index (κ2) is 7.50. The van der Waals surface area contributed by atoms with Crippen molar-refractivity contribution in [3.8, 4) is 10.4 Å². The molecule has 2 saturated heterocycles. The predicted molar refractivity (Wildman–Crippen MR) is 127 cm³/mol. The van der Waals surface area contributed by atoms with Crippen LogP contribution in [0.3, 0.4) is 0 Å². The minimum Gasteiger partial charge on any atom is -0.356 e. The van der Waals surface area contributed by atoms with Gasteiger partial charge in [-0.2, -0.15) is 0 Å². The first kappa shape index (κ1) is 18.6. The Kier molecular flexibility index (Phi) is 4.50. The fourth-order valence-corrected chi connectivity index (χ4v) is 5.83. The van der Waals surface area contributed by atoms with Crippen LogP contribution < -0.4 is 4.90 Å². The molecule has 2 unspecified atom stereocenters. The quantitative estimate of drug-likeness (QED) is 0.454. The Labute approximate surface area is 185 Å². The molecule has 2 atom stereocenters. The number of nitrogens with zero attached hydrogens (tertiary/aromatic N) is 3. The van der Waals surface area contributed by atoms with Gasteiger partial charge in [0.05, 0.1) is 5.52 Å². The van der Waals surface area contributed by atoms with Crippen LogP contribution in [0.4, 0.5) is 5.82 Å². The van der Waals surface area contributed by atoms with Crippen LogP contribution in [0.5, 0.6) is 0 Å². The van der Waals surface area contributed by atoms with E-state index in [0.29, 0.717) is 11.8 Å². The van der Waals surface area contributed by atoms with Crippen molar-refractivity contribution in [3.05, 3.63) is 83.7 Å². The Morgan fingerprint density at radius 1 is 0.839 bits per heavy atom. The highest BCUT2D eigenvalue weighted by atomic mass is 32.1. The molecule has 2 aromatic heterocycles. The molecule has 0 N–H and O–H groups in total. The van der Waals surface area contributed by atoms with E-state index in [9.17, 15) is 4.79 Å². The molecule has 154 valence electrons. The van der Waals surface area contributed by atoms with Crippen LogP contribution >= 0.6 is 11.3 Å². The third-order valence-electron chi connectivity index (χ3n) is 6.63. The van der Waals surface area contributed by atoms with Gasteiger partial charge in [-0.1, -0.05) is 42.5 Å². The molecular weight excluding hydrogens is 402 g/mol. The number of amides is 1. The van der Waals surface area contributed by atoms with Gasteiger partial charge in [0, 0.05) is 59.4 Å². The summed E-state index contributed by atoms with van der Waals surface area (Å²) in [4.78, 5) is 23.9. The number of anilines is 1. The second-order valence-electron chi connectivity index (χ2n) is 8.52. The highest BCUT2D eigenvalue weighted by Gasteiger charge is 2.42. The lowest BCUT2D eigenvalue weighted by Gasteiger charge is -2.23. The van der Waals surface area contributed by atoms with Gasteiger partial charge in [-0.3, -0.25) is 4.79 Å². The minimum absolute atomic E-state index is 0.161. The molecule has 4 aromatic rings. The van der Waals surface area contributed by atoms with E-state index in [0.717, 1.165) is 53.5 Å². The Balaban J connectivity index is 1.19. The molecule has 31 heavy (non-hydrogen) atoms. The fourth-order valence-electron chi connectivity index (χ4n) is 5.06. The zero-order chi connectivity index (χ0) is 20.8. The average molecular weight is 426 g/mol. The van der Waals surface area contributed by atoms with E-state index in [-0.39, 0.29) is 5.91 Å². The first-order valence-corrected chi connectivity index (χ1v) is 11.7. The summed E-state index contributed by atoms with van der Waals surface area (Å²) >= 11 is 1.68. The largest absolute Gasteiger partial charge is 0.356 e. The monoisotopic (exact) mass is 425 g/mol. The number of likely N-dealkylation sites (tertiary alicyclic amines) is 1. The van der Waals surface area contributed by atoms with Gasteiger partial charge in [0.2, 0.25) is 0 Å². The molecule has 2 aromatic carbocycles. The lowest BCUT2D eigenvalue weighted by molar-refractivity contribution is 0.0783. The van der Waals surface area contributed by atoms with Crippen LogP contribution in [-0.2, 0) is 0 Å². The number of para-hydroxylation sites is 1. The number of carbonyl (C=O) groups excluding carboxylic acids is 1. The zero-order valence-electron chi connectivity index (χ0n) is 17.1. The lowest BCUT2D eigenvalue weighted by atomic mass is 10.0. The molecule has 1 amide bonds. The van der Waals surface area contributed by atoms with Crippen LogP contribution in [0.1, 0.15) is 10.4 Å². The van der Waals surface area contributed by atoms with Gasteiger partial charge in [-0.15, -0.1) is 11.3 Å². The molecule has 4 nitrogen and oxygen atoms in total. The number of pyridine rings is 1. The molecule has 6 rings (SSSR count). The molecule has 0 radical (unpaired) electrons. The summed E-state index contributed by atoms with van der Waals surface area (Å²) in [5.74, 6) is 2.22. The van der Waals surface area contributed by atoms with E-state index in [1.165, 1.54) is 5.39 Å². The third-order valence-corrected chi connectivity index (χ3v) is 7.53. The Morgan fingerprint density at radius 3 is 2.42 bits per heavy atom. The van der Waals surface area contributed by atoms with Crippen molar-refractivity contribution in [2.75, 3.05) is 31.1 Å². The molecule has 0 spiro atoms. The highest BCUT2D eigenvalue weighted by Crippen LogP contribution is 2.36. The third kappa shape index (κ3) is 3.29. The highest BCUT2D eigenvalue weighted by molar-refractivity contribution is 7.13. The molecule has 0 aliphatic carbocycles. The Bertz CT molecular complexity index is 1240. The maximum atomic E-state index is 13.4. The Hall–Kier alpha value is -3.18. The standard InChI is InChI=1S/C26H23N3OS/c30-26(22-8-3-2-7-21(22)24-10-5-13-31-24)29-16-19-14-28(15-20(19)17-29)25-12-11-18-6-1-4-9-23(18)27-25/h1-13,19-20H,14-17H2. The van der Waals surface area contributed by atoms with Crippen LogP contribution in [0.15, 0.2) is 78.2 Å². The average Bonchev–Trinajstić information content (AvgIpc) is 3.55. The lowest BCUT2D eigenvalue weighted by Crippen LogP contribution is -2.33. The number of hydrogen-bond acceptors (Lipinski definition) is 4. The molecule has 0 saturated carbocycles. The Morgan fingerprint density at radius 2 is 1.61 bits per heavy atom. The van der Waals surface area contributed by atoms with E-state index < -0.39 is 0 Å². The normalized spacial score (nSPS) is 20.4. The summed E-state index contributed by atoms with van der Waals surface area (Å²) in [5.41, 5.74) is 2.90. The van der Waals surface area contributed by atoms with Crippen molar-refractivity contribution in [2.24, 2.45) is 11.8 Å². The SMILES string of the molecule is O=C(c1ccccc1-c1cccs1)N1CC2CN(c3ccc4ccccc4n3)CC2C1. The van der Waals surface area contributed by atoms with Crippen molar-refractivity contribution >= 4 is 34.0 Å². The van der Waals surface area contributed by atoms with Crippen molar-refractivity contribution in [1.82, 2.24) is 9.88 Å². The molecule has 2 aliphatic heterocycles. The number of thiophene rings is 1. The van der Waals surface area contributed by atoms with E-state index in [1.54, 1.807) is 11.3 Å². The van der Waals surface area contributed by atoms with Crippen molar-refractivity contribution < 1.29 is 4.79 Å². The molecule has 2 fully saturated rings. The fraction of sp³-hybridized carbons (Fsp3) is 0.231. The van der Waals surface area contributed by atoms with Crippen molar-refractivity contribution in [1.29, 1.82) is 0 Å². The van der Waals surface area contributed by atoms with Crippen LogP contribution in [0.25, 0.3) is 21.3 Å².